The van der Waals surface area contributed by atoms with Crippen molar-refractivity contribution in [1.29, 1.82) is 0 Å². The summed E-state index contributed by atoms with van der Waals surface area (Å²) in [6.45, 7) is 4.06. The first-order chi connectivity index (χ1) is 10.6. The number of ether oxygens (including phenoxy) is 1. The van der Waals surface area contributed by atoms with Crippen molar-refractivity contribution in [1.82, 2.24) is 5.32 Å². The third kappa shape index (κ3) is 4.60. The van der Waals surface area contributed by atoms with Crippen LogP contribution in [-0.2, 0) is 4.79 Å². The standard InChI is InChI=1S/C18H20BrNO2/c1-3-17(14-7-5-4-6-8-14)20-18(21)12-22-15-9-10-16(19)13(2)11-15/h4-11,17H,3,12H2,1-2H3,(H,20,21). The van der Waals surface area contributed by atoms with Gasteiger partial charge in [-0.1, -0.05) is 53.2 Å². The second-order valence-electron chi connectivity index (χ2n) is 5.14. The first kappa shape index (κ1) is 16.6. The molecule has 3 nitrogen and oxygen atoms in total. The number of benzene rings is 2. The number of amides is 1. The monoisotopic (exact) mass is 361 g/mol. The molecule has 0 spiro atoms. The number of halogens is 1. The zero-order valence-corrected chi connectivity index (χ0v) is 14.4. The minimum atomic E-state index is -0.115. The van der Waals surface area contributed by atoms with Crippen molar-refractivity contribution in [3.05, 3.63) is 64.1 Å². The van der Waals surface area contributed by atoms with Gasteiger partial charge < -0.3 is 10.1 Å². The highest BCUT2D eigenvalue weighted by atomic mass is 79.9. The van der Waals surface area contributed by atoms with E-state index in [2.05, 4.69) is 28.2 Å². The summed E-state index contributed by atoms with van der Waals surface area (Å²) in [5.41, 5.74) is 2.19. The van der Waals surface area contributed by atoms with Gasteiger partial charge in [-0.2, -0.15) is 0 Å². The SMILES string of the molecule is CCC(NC(=O)COc1ccc(Br)c(C)c1)c1ccccc1. The van der Waals surface area contributed by atoms with E-state index in [0.717, 1.165) is 22.0 Å². The van der Waals surface area contributed by atoms with Gasteiger partial charge in [0.15, 0.2) is 6.61 Å². The lowest BCUT2D eigenvalue weighted by molar-refractivity contribution is -0.123. The largest absolute Gasteiger partial charge is 0.484 e. The van der Waals surface area contributed by atoms with Crippen LogP contribution in [0, 0.1) is 6.92 Å². The molecular formula is C18H20BrNO2. The molecule has 1 unspecified atom stereocenters. The highest BCUT2D eigenvalue weighted by molar-refractivity contribution is 9.10. The summed E-state index contributed by atoms with van der Waals surface area (Å²) in [6, 6.07) is 15.7. The van der Waals surface area contributed by atoms with Crippen molar-refractivity contribution < 1.29 is 9.53 Å². The first-order valence-electron chi connectivity index (χ1n) is 7.33. The second kappa shape index (κ2) is 7.99. The normalized spacial score (nSPS) is 11.8. The van der Waals surface area contributed by atoms with E-state index in [-0.39, 0.29) is 18.6 Å². The van der Waals surface area contributed by atoms with Gasteiger partial charge in [-0.15, -0.1) is 0 Å². The molecule has 4 heteroatoms. The molecule has 0 heterocycles. The van der Waals surface area contributed by atoms with Crippen LogP contribution in [-0.4, -0.2) is 12.5 Å². The van der Waals surface area contributed by atoms with Crippen molar-refractivity contribution in [2.24, 2.45) is 0 Å². The van der Waals surface area contributed by atoms with Crippen LogP contribution in [0.25, 0.3) is 0 Å². The van der Waals surface area contributed by atoms with Crippen LogP contribution in [0.1, 0.15) is 30.5 Å². The molecule has 0 aliphatic rings. The summed E-state index contributed by atoms with van der Waals surface area (Å²) in [5.74, 6) is 0.583. The van der Waals surface area contributed by atoms with E-state index < -0.39 is 0 Å². The molecule has 0 aliphatic heterocycles. The van der Waals surface area contributed by atoms with Crippen molar-refractivity contribution in [2.45, 2.75) is 26.3 Å². The Morgan fingerprint density at radius 1 is 1.23 bits per heavy atom. The number of hydrogen-bond donors (Lipinski definition) is 1. The first-order valence-corrected chi connectivity index (χ1v) is 8.12. The molecule has 1 N–H and O–H groups in total. The van der Waals surface area contributed by atoms with E-state index in [9.17, 15) is 4.79 Å². The van der Waals surface area contributed by atoms with Gasteiger partial charge >= 0.3 is 0 Å². The molecule has 2 aromatic carbocycles. The molecule has 2 aromatic rings. The van der Waals surface area contributed by atoms with Crippen molar-refractivity contribution in [2.75, 3.05) is 6.61 Å². The molecule has 2 rings (SSSR count). The summed E-state index contributed by atoms with van der Waals surface area (Å²) in [4.78, 5) is 12.1. The predicted molar refractivity (Wildman–Crippen MR) is 92.0 cm³/mol. The van der Waals surface area contributed by atoms with Crippen LogP contribution in [0.3, 0.4) is 0 Å². The van der Waals surface area contributed by atoms with Crippen LogP contribution >= 0.6 is 15.9 Å². The van der Waals surface area contributed by atoms with E-state index in [1.807, 2.05) is 55.5 Å². The number of carbonyl (C=O) groups excluding carboxylic acids is 1. The summed E-state index contributed by atoms with van der Waals surface area (Å²) < 4.78 is 6.58. The number of aryl methyl sites for hydroxylation is 1. The molecule has 0 bridgehead atoms. The maximum atomic E-state index is 12.1. The fourth-order valence-corrected chi connectivity index (χ4v) is 2.44. The Kier molecular flexibility index (Phi) is 6.01. The average molecular weight is 362 g/mol. The fraction of sp³-hybridized carbons (Fsp3) is 0.278. The number of carbonyl (C=O) groups is 1. The zero-order valence-electron chi connectivity index (χ0n) is 12.8. The van der Waals surface area contributed by atoms with E-state index in [0.29, 0.717) is 5.75 Å². The maximum absolute atomic E-state index is 12.1. The van der Waals surface area contributed by atoms with E-state index in [1.165, 1.54) is 0 Å². The van der Waals surface area contributed by atoms with E-state index in [1.54, 1.807) is 0 Å². The smallest absolute Gasteiger partial charge is 0.258 e. The van der Waals surface area contributed by atoms with Gasteiger partial charge in [-0.05, 0) is 42.7 Å². The van der Waals surface area contributed by atoms with Crippen LogP contribution < -0.4 is 10.1 Å². The van der Waals surface area contributed by atoms with Crippen LogP contribution in [0.5, 0.6) is 5.75 Å². The molecule has 22 heavy (non-hydrogen) atoms. The lowest BCUT2D eigenvalue weighted by Gasteiger charge is -2.17. The van der Waals surface area contributed by atoms with Gasteiger partial charge in [-0.25, -0.2) is 0 Å². The lowest BCUT2D eigenvalue weighted by Crippen LogP contribution is -2.32. The molecule has 1 amide bonds. The van der Waals surface area contributed by atoms with Gasteiger partial charge in [-0.3, -0.25) is 4.79 Å². The summed E-state index contributed by atoms with van der Waals surface area (Å²) in [7, 11) is 0. The molecule has 0 fully saturated rings. The number of hydrogen-bond acceptors (Lipinski definition) is 2. The van der Waals surface area contributed by atoms with Crippen molar-refractivity contribution in [3.8, 4) is 5.75 Å². The molecule has 116 valence electrons. The van der Waals surface area contributed by atoms with Crippen LogP contribution in [0.2, 0.25) is 0 Å². The minimum absolute atomic E-state index is 0.0175. The number of nitrogens with one attached hydrogen (secondary N) is 1. The third-order valence-electron chi connectivity index (χ3n) is 3.44. The highest BCUT2D eigenvalue weighted by Crippen LogP contribution is 2.21. The van der Waals surface area contributed by atoms with Gasteiger partial charge in [0.1, 0.15) is 5.75 Å². The molecule has 0 saturated heterocycles. The average Bonchev–Trinajstić information content (AvgIpc) is 2.54. The Morgan fingerprint density at radius 3 is 2.59 bits per heavy atom. The topological polar surface area (TPSA) is 38.3 Å². The molecule has 0 radical (unpaired) electrons. The maximum Gasteiger partial charge on any atom is 0.258 e. The van der Waals surface area contributed by atoms with Gasteiger partial charge in [0.2, 0.25) is 0 Å². The Bertz CT molecular complexity index is 628. The van der Waals surface area contributed by atoms with Crippen molar-refractivity contribution >= 4 is 21.8 Å². The highest BCUT2D eigenvalue weighted by Gasteiger charge is 2.12. The minimum Gasteiger partial charge on any atom is -0.484 e. The van der Waals surface area contributed by atoms with E-state index >= 15 is 0 Å². The van der Waals surface area contributed by atoms with E-state index in [4.69, 9.17) is 4.74 Å². The Hall–Kier alpha value is -1.81. The zero-order chi connectivity index (χ0) is 15.9. The molecule has 0 aliphatic carbocycles. The summed E-state index contributed by atoms with van der Waals surface area (Å²) in [6.07, 6.45) is 0.840. The molecular weight excluding hydrogens is 342 g/mol. The second-order valence-corrected chi connectivity index (χ2v) is 5.99. The molecule has 0 aromatic heterocycles. The summed E-state index contributed by atoms with van der Waals surface area (Å²) in [5, 5.41) is 3.01. The van der Waals surface area contributed by atoms with Gasteiger partial charge in [0.05, 0.1) is 6.04 Å². The third-order valence-corrected chi connectivity index (χ3v) is 4.33. The predicted octanol–water partition coefficient (Wildman–Crippen LogP) is 4.40. The van der Waals surface area contributed by atoms with Crippen LogP contribution in [0.4, 0.5) is 0 Å². The lowest BCUT2D eigenvalue weighted by atomic mass is 10.0. The van der Waals surface area contributed by atoms with Gasteiger partial charge in [0, 0.05) is 4.47 Å². The molecule has 1 atom stereocenters. The number of rotatable bonds is 6. The Morgan fingerprint density at radius 2 is 1.95 bits per heavy atom. The molecule has 0 saturated carbocycles. The quantitative estimate of drug-likeness (QED) is 0.827. The fourth-order valence-electron chi connectivity index (χ4n) is 2.20. The van der Waals surface area contributed by atoms with Crippen molar-refractivity contribution in [3.63, 3.8) is 0 Å². The Labute approximate surface area is 139 Å². The summed E-state index contributed by atoms with van der Waals surface area (Å²) >= 11 is 3.44. The van der Waals surface area contributed by atoms with Crippen LogP contribution in [0.15, 0.2) is 53.0 Å². The van der Waals surface area contributed by atoms with Gasteiger partial charge in [0.25, 0.3) is 5.91 Å². The Balaban J connectivity index is 1.90.